The van der Waals surface area contributed by atoms with Gasteiger partial charge in [-0.1, -0.05) is 0 Å². The molecule has 0 aliphatic carbocycles. The molecule has 0 aliphatic rings. The van der Waals surface area contributed by atoms with Crippen molar-refractivity contribution in [3.05, 3.63) is 41.7 Å². The molecule has 2 unspecified atom stereocenters. The predicted molar refractivity (Wildman–Crippen MR) is 93.5 cm³/mol. The molecule has 0 aliphatic heterocycles. The molecule has 24 heavy (non-hydrogen) atoms. The number of hydrogen-bond acceptors (Lipinski definition) is 5. The molecule has 2 aromatic rings. The number of benzene rings is 1. The summed E-state index contributed by atoms with van der Waals surface area (Å²) in [7, 11) is 3.19. The molecule has 0 saturated heterocycles. The highest BCUT2D eigenvalue weighted by atomic mass is 16.5. The van der Waals surface area contributed by atoms with Crippen LogP contribution in [-0.2, 0) is 0 Å². The van der Waals surface area contributed by atoms with Gasteiger partial charge in [0.05, 0.1) is 26.5 Å². The molecule has 2 N–H and O–H groups in total. The fourth-order valence-electron chi connectivity index (χ4n) is 2.47. The summed E-state index contributed by atoms with van der Waals surface area (Å²) in [5, 5.41) is 18.2. The number of nitrogens with one attached hydrogen (secondary N) is 1. The maximum Gasteiger partial charge on any atom is 0.124 e. The predicted octanol–water partition coefficient (Wildman–Crippen LogP) is 2.87. The van der Waals surface area contributed by atoms with Crippen LogP contribution in [0.5, 0.6) is 11.5 Å². The van der Waals surface area contributed by atoms with Crippen molar-refractivity contribution < 1.29 is 14.6 Å². The standard InChI is InChI=1S/C18H27N3O3/c1-12(2)21-11-14(9-20-21)13(3)19-10-17(22)16-8-15(23-4)6-7-18(16)24-5/h6-9,11-13,17,19,22H,10H2,1-5H3. The van der Waals surface area contributed by atoms with E-state index in [9.17, 15) is 5.11 Å². The number of hydrogen-bond donors (Lipinski definition) is 2. The molecule has 132 valence electrons. The van der Waals surface area contributed by atoms with Gasteiger partial charge in [0, 0.05) is 36.0 Å². The van der Waals surface area contributed by atoms with E-state index in [-0.39, 0.29) is 6.04 Å². The first-order chi connectivity index (χ1) is 11.5. The number of ether oxygens (including phenoxy) is 2. The van der Waals surface area contributed by atoms with Crippen molar-refractivity contribution >= 4 is 0 Å². The lowest BCUT2D eigenvalue weighted by Gasteiger charge is -2.19. The zero-order valence-electron chi connectivity index (χ0n) is 15.0. The van der Waals surface area contributed by atoms with Gasteiger partial charge in [-0.05, 0) is 39.0 Å². The third-order valence-electron chi connectivity index (χ3n) is 4.06. The fraction of sp³-hybridized carbons (Fsp3) is 0.500. The SMILES string of the molecule is COc1ccc(OC)c(C(O)CNC(C)c2cnn(C(C)C)c2)c1. The zero-order chi connectivity index (χ0) is 17.7. The van der Waals surface area contributed by atoms with Gasteiger partial charge in [0.15, 0.2) is 0 Å². The van der Waals surface area contributed by atoms with Gasteiger partial charge >= 0.3 is 0 Å². The average Bonchev–Trinajstić information content (AvgIpc) is 3.09. The van der Waals surface area contributed by atoms with Gasteiger partial charge < -0.3 is 19.9 Å². The highest BCUT2D eigenvalue weighted by Crippen LogP contribution is 2.29. The van der Waals surface area contributed by atoms with Crippen LogP contribution < -0.4 is 14.8 Å². The summed E-state index contributed by atoms with van der Waals surface area (Å²) in [5.41, 5.74) is 1.79. The molecule has 0 bridgehead atoms. The van der Waals surface area contributed by atoms with Crippen LogP contribution >= 0.6 is 0 Å². The second-order valence-electron chi connectivity index (χ2n) is 6.10. The Balaban J connectivity index is 2.02. The zero-order valence-corrected chi connectivity index (χ0v) is 15.0. The third kappa shape index (κ3) is 4.27. The van der Waals surface area contributed by atoms with Gasteiger partial charge in [0.2, 0.25) is 0 Å². The van der Waals surface area contributed by atoms with E-state index >= 15 is 0 Å². The van der Waals surface area contributed by atoms with Crippen molar-refractivity contribution in [3.8, 4) is 11.5 Å². The molecule has 6 nitrogen and oxygen atoms in total. The van der Waals surface area contributed by atoms with Crippen LogP contribution in [0, 0.1) is 0 Å². The van der Waals surface area contributed by atoms with Crippen LogP contribution in [0.2, 0.25) is 0 Å². The quantitative estimate of drug-likeness (QED) is 0.777. The monoisotopic (exact) mass is 333 g/mol. The lowest BCUT2D eigenvalue weighted by atomic mass is 10.1. The van der Waals surface area contributed by atoms with Crippen LogP contribution in [0.4, 0.5) is 0 Å². The number of aliphatic hydroxyl groups excluding tert-OH is 1. The van der Waals surface area contributed by atoms with Gasteiger partial charge in [0.1, 0.15) is 11.5 Å². The molecule has 1 aromatic heterocycles. The highest BCUT2D eigenvalue weighted by molar-refractivity contribution is 5.41. The molecule has 6 heteroatoms. The molecule has 0 amide bonds. The van der Waals surface area contributed by atoms with Gasteiger partial charge in [-0.3, -0.25) is 4.68 Å². The molecule has 2 rings (SSSR count). The third-order valence-corrected chi connectivity index (χ3v) is 4.06. The molecular weight excluding hydrogens is 306 g/mol. The van der Waals surface area contributed by atoms with E-state index in [1.54, 1.807) is 26.4 Å². The van der Waals surface area contributed by atoms with Crippen LogP contribution in [0.1, 0.15) is 50.1 Å². The molecule has 1 heterocycles. The van der Waals surface area contributed by atoms with Crippen molar-refractivity contribution in [1.29, 1.82) is 0 Å². The minimum atomic E-state index is -0.697. The Kier molecular flexibility index (Phi) is 6.23. The molecule has 0 radical (unpaired) electrons. The first-order valence-corrected chi connectivity index (χ1v) is 8.13. The summed E-state index contributed by atoms with van der Waals surface area (Å²) < 4.78 is 12.5. The van der Waals surface area contributed by atoms with Crippen molar-refractivity contribution in [2.75, 3.05) is 20.8 Å². The van der Waals surface area contributed by atoms with Crippen LogP contribution in [-0.4, -0.2) is 35.7 Å². The highest BCUT2D eigenvalue weighted by Gasteiger charge is 2.16. The fourth-order valence-corrected chi connectivity index (χ4v) is 2.47. The summed E-state index contributed by atoms with van der Waals surface area (Å²) >= 11 is 0. The van der Waals surface area contributed by atoms with Gasteiger partial charge in [-0.25, -0.2) is 0 Å². The number of aliphatic hydroxyl groups is 1. The molecular formula is C18H27N3O3. The van der Waals surface area contributed by atoms with E-state index in [0.29, 0.717) is 29.6 Å². The van der Waals surface area contributed by atoms with E-state index in [1.807, 2.05) is 23.1 Å². The lowest BCUT2D eigenvalue weighted by Crippen LogP contribution is -2.24. The van der Waals surface area contributed by atoms with E-state index in [2.05, 4.69) is 31.2 Å². The summed E-state index contributed by atoms with van der Waals surface area (Å²) in [6.45, 7) is 6.64. The Bertz CT molecular complexity index is 655. The Hall–Kier alpha value is -2.05. The smallest absolute Gasteiger partial charge is 0.124 e. The van der Waals surface area contributed by atoms with Crippen molar-refractivity contribution in [1.82, 2.24) is 15.1 Å². The number of rotatable bonds is 8. The first kappa shape index (κ1) is 18.3. The van der Waals surface area contributed by atoms with Crippen LogP contribution in [0.3, 0.4) is 0 Å². The Labute approximate surface area is 143 Å². The largest absolute Gasteiger partial charge is 0.497 e. The number of aromatic nitrogens is 2. The molecule has 0 spiro atoms. The Morgan fingerprint density at radius 1 is 1.21 bits per heavy atom. The normalized spacial score (nSPS) is 13.8. The van der Waals surface area contributed by atoms with Crippen LogP contribution in [0.25, 0.3) is 0 Å². The van der Waals surface area contributed by atoms with Crippen LogP contribution in [0.15, 0.2) is 30.6 Å². The first-order valence-electron chi connectivity index (χ1n) is 8.13. The average molecular weight is 333 g/mol. The van der Waals surface area contributed by atoms with Gasteiger partial charge in [-0.15, -0.1) is 0 Å². The molecule has 2 atom stereocenters. The summed E-state index contributed by atoms with van der Waals surface area (Å²) in [6, 6.07) is 5.83. The minimum Gasteiger partial charge on any atom is -0.497 e. The maximum atomic E-state index is 10.5. The molecule has 0 saturated carbocycles. The molecule has 0 fully saturated rings. The topological polar surface area (TPSA) is 68.5 Å². The van der Waals surface area contributed by atoms with E-state index < -0.39 is 6.10 Å². The number of methoxy groups -OCH3 is 2. The summed E-state index contributed by atoms with van der Waals surface area (Å²) in [5.74, 6) is 1.33. The second kappa shape index (κ2) is 8.17. The lowest BCUT2D eigenvalue weighted by molar-refractivity contribution is 0.166. The summed E-state index contributed by atoms with van der Waals surface area (Å²) in [4.78, 5) is 0. The van der Waals surface area contributed by atoms with Crippen molar-refractivity contribution in [2.24, 2.45) is 0 Å². The minimum absolute atomic E-state index is 0.0868. The Morgan fingerprint density at radius 2 is 1.96 bits per heavy atom. The van der Waals surface area contributed by atoms with Gasteiger partial charge in [0.25, 0.3) is 0 Å². The Morgan fingerprint density at radius 3 is 2.54 bits per heavy atom. The summed E-state index contributed by atoms with van der Waals surface area (Å²) in [6.07, 6.45) is 3.19. The van der Waals surface area contributed by atoms with E-state index in [1.165, 1.54) is 0 Å². The van der Waals surface area contributed by atoms with Crippen molar-refractivity contribution in [2.45, 2.75) is 39.0 Å². The van der Waals surface area contributed by atoms with E-state index in [4.69, 9.17) is 9.47 Å². The second-order valence-corrected chi connectivity index (χ2v) is 6.10. The maximum absolute atomic E-state index is 10.5. The van der Waals surface area contributed by atoms with Crippen molar-refractivity contribution in [3.63, 3.8) is 0 Å². The number of nitrogens with zero attached hydrogens (tertiary/aromatic N) is 2. The molecule has 1 aromatic carbocycles. The van der Waals surface area contributed by atoms with E-state index in [0.717, 1.165) is 5.56 Å². The van der Waals surface area contributed by atoms with Gasteiger partial charge in [-0.2, -0.15) is 5.10 Å².